The Balaban J connectivity index is 1.48. The zero-order valence-electron chi connectivity index (χ0n) is 18.0. The molecule has 1 unspecified atom stereocenters. The lowest BCUT2D eigenvalue weighted by molar-refractivity contribution is -0.129. The fourth-order valence-corrected chi connectivity index (χ4v) is 3.89. The van der Waals surface area contributed by atoms with Crippen LogP contribution in [0.1, 0.15) is 12.0 Å². The molecule has 0 saturated carbocycles. The highest BCUT2D eigenvalue weighted by Crippen LogP contribution is 2.25. The summed E-state index contributed by atoms with van der Waals surface area (Å²) in [5, 5.41) is 15.5. The van der Waals surface area contributed by atoms with Gasteiger partial charge >= 0.3 is 0 Å². The SMILES string of the molecule is O=C(N[C@@H](Cc1ccccc1)C(=O)Nc1ccccc1O)C1CC(=O)N(c2ccccc2)C1. The second-order valence-electron chi connectivity index (χ2n) is 8.00. The maximum Gasteiger partial charge on any atom is 0.247 e. The topological polar surface area (TPSA) is 98.7 Å². The van der Waals surface area contributed by atoms with Crippen LogP contribution in [0.25, 0.3) is 0 Å². The molecule has 33 heavy (non-hydrogen) atoms. The van der Waals surface area contributed by atoms with Gasteiger partial charge in [-0.05, 0) is 29.8 Å². The molecule has 4 rings (SSSR count). The standard InChI is InChI=1S/C26H25N3O4/c30-23-14-8-7-13-21(23)27-26(33)22(15-18-9-3-1-4-10-18)28-25(32)19-16-24(31)29(17-19)20-11-5-2-6-12-20/h1-14,19,22,30H,15-17H2,(H,27,33)(H,28,32)/t19?,22-/m0/s1. The van der Waals surface area contributed by atoms with Crippen LogP contribution in [-0.4, -0.2) is 35.4 Å². The minimum atomic E-state index is -0.875. The maximum absolute atomic E-state index is 13.1. The van der Waals surface area contributed by atoms with Gasteiger partial charge in [-0.1, -0.05) is 60.7 Å². The molecule has 3 amide bonds. The summed E-state index contributed by atoms with van der Waals surface area (Å²) in [6.07, 6.45) is 0.356. The summed E-state index contributed by atoms with van der Waals surface area (Å²) >= 11 is 0. The van der Waals surface area contributed by atoms with Crippen molar-refractivity contribution in [3.8, 4) is 5.75 Å². The van der Waals surface area contributed by atoms with Crippen LogP contribution in [0.15, 0.2) is 84.9 Å². The van der Waals surface area contributed by atoms with E-state index in [-0.39, 0.29) is 42.6 Å². The third-order valence-electron chi connectivity index (χ3n) is 5.64. The number of nitrogens with one attached hydrogen (secondary N) is 2. The van der Waals surface area contributed by atoms with Crippen LogP contribution in [0.3, 0.4) is 0 Å². The Morgan fingerprint density at radius 1 is 0.939 bits per heavy atom. The molecule has 7 heteroatoms. The highest BCUT2D eigenvalue weighted by molar-refractivity contribution is 6.02. The number of hydrogen-bond acceptors (Lipinski definition) is 4. The second kappa shape index (κ2) is 9.99. The van der Waals surface area contributed by atoms with Gasteiger partial charge in [-0.2, -0.15) is 0 Å². The van der Waals surface area contributed by atoms with Crippen molar-refractivity contribution in [2.45, 2.75) is 18.9 Å². The lowest BCUT2D eigenvalue weighted by Gasteiger charge is -2.21. The fraction of sp³-hybridized carbons (Fsp3) is 0.192. The first-order valence-corrected chi connectivity index (χ1v) is 10.8. The quantitative estimate of drug-likeness (QED) is 0.489. The Labute approximate surface area is 192 Å². The molecule has 2 atom stereocenters. The molecule has 1 aliphatic heterocycles. The average molecular weight is 444 g/mol. The molecule has 1 fully saturated rings. The van der Waals surface area contributed by atoms with E-state index < -0.39 is 17.9 Å². The molecule has 0 aromatic heterocycles. The van der Waals surface area contributed by atoms with Gasteiger partial charge in [0.25, 0.3) is 0 Å². The van der Waals surface area contributed by atoms with Crippen LogP contribution < -0.4 is 15.5 Å². The van der Waals surface area contributed by atoms with E-state index >= 15 is 0 Å². The summed E-state index contributed by atoms with van der Waals surface area (Å²) in [6, 6.07) is 24.1. The molecule has 1 aliphatic rings. The lowest BCUT2D eigenvalue weighted by atomic mass is 10.0. The number of carbonyl (C=O) groups is 3. The molecule has 168 valence electrons. The average Bonchev–Trinajstić information content (AvgIpc) is 3.23. The predicted molar refractivity (Wildman–Crippen MR) is 126 cm³/mol. The van der Waals surface area contributed by atoms with E-state index in [9.17, 15) is 19.5 Å². The number of amides is 3. The van der Waals surface area contributed by atoms with E-state index in [0.717, 1.165) is 11.3 Å². The predicted octanol–water partition coefficient (Wildman–Crippen LogP) is 3.11. The van der Waals surface area contributed by atoms with Crippen molar-refractivity contribution in [1.82, 2.24) is 5.32 Å². The van der Waals surface area contributed by atoms with E-state index in [4.69, 9.17) is 0 Å². The number of phenols is 1. The first-order valence-electron chi connectivity index (χ1n) is 10.8. The first-order chi connectivity index (χ1) is 16.0. The van der Waals surface area contributed by atoms with Crippen LogP contribution in [0.2, 0.25) is 0 Å². The number of aromatic hydroxyl groups is 1. The van der Waals surface area contributed by atoms with Crippen molar-refractivity contribution >= 4 is 29.1 Å². The van der Waals surface area contributed by atoms with Gasteiger partial charge in [0, 0.05) is 25.1 Å². The minimum Gasteiger partial charge on any atom is -0.506 e. The smallest absolute Gasteiger partial charge is 0.247 e. The highest BCUT2D eigenvalue weighted by atomic mass is 16.3. The fourth-order valence-electron chi connectivity index (χ4n) is 3.89. The molecule has 0 bridgehead atoms. The van der Waals surface area contributed by atoms with Gasteiger partial charge in [0.15, 0.2) is 0 Å². The van der Waals surface area contributed by atoms with E-state index in [1.807, 2.05) is 60.7 Å². The van der Waals surface area contributed by atoms with Crippen molar-refractivity contribution in [2.24, 2.45) is 5.92 Å². The number of para-hydroxylation sites is 3. The van der Waals surface area contributed by atoms with Crippen molar-refractivity contribution in [2.75, 3.05) is 16.8 Å². The molecule has 3 N–H and O–H groups in total. The van der Waals surface area contributed by atoms with Gasteiger partial charge in [0.2, 0.25) is 17.7 Å². The Morgan fingerprint density at radius 2 is 1.58 bits per heavy atom. The summed E-state index contributed by atoms with van der Waals surface area (Å²) in [4.78, 5) is 40.2. The molecule has 0 aliphatic carbocycles. The number of hydrogen-bond donors (Lipinski definition) is 3. The molecule has 7 nitrogen and oxygen atoms in total. The van der Waals surface area contributed by atoms with Gasteiger partial charge in [0.1, 0.15) is 11.8 Å². The Morgan fingerprint density at radius 3 is 2.27 bits per heavy atom. The third kappa shape index (κ3) is 5.38. The van der Waals surface area contributed by atoms with Gasteiger partial charge in [-0.25, -0.2) is 0 Å². The number of anilines is 2. The summed E-state index contributed by atoms with van der Waals surface area (Å²) < 4.78 is 0. The first kappa shape index (κ1) is 22.1. The van der Waals surface area contributed by atoms with E-state index in [2.05, 4.69) is 10.6 Å². The summed E-state index contributed by atoms with van der Waals surface area (Å²) in [5.74, 6) is -1.54. The van der Waals surface area contributed by atoms with Gasteiger partial charge in [0.05, 0.1) is 11.6 Å². The summed E-state index contributed by atoms with van der Waals surface area (Å²) in [6.45, 7) is 0.258. The zero-order chi connectivity index (χ0) is 23.2. The number of phenolic OH excluding ortho intramolecular Hbond substituents is 1. The van der Waals surface area contributed by atoms with E-state index in [1.165, 1.54) is 6.07 Å². The molecule has 3 aromatic carbocycles. The van der Waals surface area contributed by atoms with Crippen molar-refractivity contribution in [3.63, 3.8) is 0 Å². The van der Waals surface area contributed by atoms with Crippen molar-refractivity contribution in [3.05, 3.63) is 90.5 Å². The minimum absolute atomic E-state index is 0.0597. The molecule has 0 radical (unpaired) electrons. The van der Waals surface area contributed by atoms with Crippen molar-refractivity contribution < 1.29 is 19.5 Å². The molecule has 1 saturated heterocycles. The molecule has 0 spiro atoms. The third-order valence-corrected chi connectivity index (χ3v) is 5.64. The van der Waals surface area contributed by atoms with E-state index in [1.54, 1.807) is 23.1 Å². The van der Waals surface area contributed by atoms with Crippen LogP contribution in [0.5, 0.6) is 5.75 Å². The van der Waals surface area contributed by atoms with Gasteiger partial charge in [-0.15, -0.1) is 0 Å². The number of nitrogens with zero attached hydrogens (tertiary/aromatic N) is 1. The summed E-state index contributed by atoms with van der Waals surface area (Å²) in [5.41, 5.74) is 1.89. The molecular weight excluding hydrogens is 418 g/mol. The molecule has 1 heterocycles. The lowest BCUT2D eigenvalue weighted by Crippen LogP contribution is -2.47. The van der Waals surface area contributed by atoms with Crippen LogP contribution in [-0.2, 0) is 20.8 Å². The largest absolute Gasteiger partial charge is 0.506 e. The molecule has 3 aromatic rings. The summed E-state index contributed by atoms with van der Waals surface area (Å²) in [7, 11) is 0. The van der Waals surface area contributed by atoms with Crippen LogP contribution in [0, 0.1) is 5.92 Å². The Kier molecular flexibility index (Phi) is 6.69. The zero-order valence-corrected chi connectivity index (χ0v) is 18.0. The van der Waals surface area contributed by atoms with Crippen LogP contribution in [0.4, 0.5) is 11.4 Å². The number of rotatable bonds is 7. The normalized spacial score (nSPS) is 16.3. The Bertz CT molecular complexity index is 1130. The monoisotopic (exact) mass is 443 g/mol. The second-order valence-corrected chi connectivity index (χ2v) is 8.00. The van der Waals surface area contributed by atoms with E-state index in [0.29, 0.717) is 0 Å². The highest BCUT2D eigenvalue weighted by Gasteiger charge is 2.36. The Hall–Kier alpha value is -4.13. The van der Waals surface area contributed by atoms with Gasteiger partial charge < -0.3 is 20.6 Å². The van der Waals surface area contributed by atoms with Crippen LogP contribution >= 0.6 is 0 Å². The number of carbonyl (C=O) groups excluding carboxylic acids is 3. The molecular formula is C26H25N3O4. The number of benzene rings is 3. The van der Waals surface area contributed by atoms with Crippen molar-refractivity contribution in [1.29, 1.82) is 0 Å². The van der Waals surface area contributed by atoms with Gasteiger partial charge in [-0.3, -0.25) is 14.4 Å². The maximum atomic E-state index is 13.1.